The summed E-state index contributed by atoms with van der Waals surface area (Å²) in [6, 6.07) is 8.45. The van der Waals surface area contributed by atoms with Gasteiger partial charge in [-0.2, -0.15) is 0 Å². The Morgan fingerprint density at radius 2 is 1.57 bits per heavy atom. The van der Waals surface area contributed by atoms with Crippen LogP contribution in [0.5, 0.6) is 0 Å². The highest BCUT2D eigenvalue weighted by Crippen LogP contribution is 2.32. The van der Waals surface area contributed by atoms with Gasteiger partial charge in [-0.25, -0.2) is 0 Å². The maximum absolute atomic E-state index is 12.8. The van der Waals surface area contributed by atoms with Crippen molar-refractivity contribution in [2.24, 2.45) is 16.6 Å². The predicted octanol–water partition coefficient (Wildman–Crippen LogP) is 9.90. The minimum absolute atomic E-state index is 0.0556. The van der Waals surface area contributed by atoms with E-state index >= 15 is 0 Å². The van der Waals surface area contributed by atoms with Gasteiger partial charge in [0.05, 0.1) is 18.8 Å². The number of hydrogen-bond acceptors (Lipinski definition) is 4. The van der Waals surface area contributed by atoms with E-state index in [0.29, 0.717) is 18.8 Å². The van der Waals surface area contributed by atoms with E-state index in [1.807, 2.05) is 18.7 Å². The molecule has 0 aromatic heterocycles. The van der Waals surface area contributed by atoms with E-state index in [9.17, 15) is 4.79 Å². The number of nitrogens with zero attached hydrogens (tertiary/aromatic N) is 2. The summed E-state index contributed by atoms with van der Waals surface area (Å²) in [4.78, 5) is 19.4. The van der Waals surface area contributed by atoms with Crippen LogP contribution in [0.25, 0.3) is 0 Å². The van der Waals surface area contributed by atoms with Crippen LogP contribution in [0, 0.1) is 19.8 Å². The molecule has 1 aromatic carbocycles. The van der Waals surface area contributed by atoms with Crippen molar-refractivity contribution in [1.29, 1.82) is 0 Å². The smallest absolute Gasteiger partial charge is 0.270 e. The molecule has 2 saturated carbocycles. The highest BCUT2D eigenvalue weighted by Gasteiger charge is 2.30. The van der Waals surface area contributed by atoms with Gasteiger partial charge in [-0.15, -0.1) is 0 Å². The quantitative estimate of drug-likeness (QED) is 0.236. The molecule has 3 aliphatic rings. The van der Waals surface area contributed by atoms with Gasteiger partial charge in [0.2, 0.25) is 0 Å². The van der Waals surface area contributed by atoms with Crippen molar-refractivity contribution < 1.29 is 9.53 Å². The number of carbonyl (C=O) groups is 1. The topological polar surface area (TPSA) is 67.9 Å². The van der Waals surface area contributed by atoms with Gasteiger partial charge < -0.3 is 15.4 Å². The number of aliphatic imine (C=N–C) groups is 1. The van der Waals surface area contributed by atoms with Crippen LogP contribution >= 0.6 is 0 Å². The minimum Gasteiger partial charge on any atom is -0.394 e. The molecule has 0 radical (unpaired) electrons. The molecule has 1 saturated heterocycles. The molecule has 44 heavy (non-hydrogen) atoms. The Hall–Kier alpha value is -2.40. The van der Waals surface area contributed by atoms with Gasteiger partial charge in [-0.05, 0) is 72.6 Å². The standard InChI is InChI=1S/C19H29N3O2.C8H10.C8H18.C4H10/c1-12(15-7-8-15)9-21-17-6-4-5-16(17)18(20)19(23)22-10-13(2)24-14(3)11-22;1-7-4-3-5-8(2)6-7;1-4-6-7-8(3)5-2;1-3-4-2/h13-14H,4-11,20H2,1-3H3;3-6H,1-2H3;8H,4-7H2,1-3H3;3-4H2,1-2H3/b18-16-,21-17?;;;. The van der Waals surface area contributed by atoms with E-state index in [0.717, 1.165) is 43.0 Å². The Kier molecular flexibility index (Phi) is 20.0. The van der Waals surface area contributed by atoms with Crippen molar-refractivity contribution in [2.45, 2.75) is 152 Å². The van der Waals surface area contributed by atoms with E-state index < -0.39 is 0 Å². The summed E-state index contributed by atoms with van der Waals surface area (Å²) in [5, 5.41) is 0. The Balaban J connectivity index is 0.000000394. The predicted molar refractivity (Wildman–Crippen MR) is 191 cm³/mol. The molecule has 3 fully saturated rings. The van der Waals surface area contributed by atoms with Crippen molar-refractivity contribution in [2.75, 3.05) is 19.6 Å². The third kappa shape index (κ3) is 16.1. The van der Waals surface area contributed by atoms with Crippen LogP contribution in [0.4, 0.5) is 0 Å². The summed E-state index contributed by atoms with van der Waals surface area (Å²) < 4.78 is 5.71. The molecule has 1 aromatic rings. The Bertz CT molecular complexity index is 1040. The van der Waals surface area contributed by atoms with Crippen molar-refractivity contribution >= 4 is 11.6 Å². The molecule has 0 bridgehead atoms. The third-order valence-electron chi connectivity index (χ3n) is 8.48. The van der Waals surface area contributed by atoms with Crippen LogP contribution in [0.15, 0.2) is 51.7 Å². The SMILES string of the molecule is CC(CN=C1CCC/C1=C(/N)C(=O)N1CC(C)OC(C)C1)=C1CC1.CCCC.CCCCC(C)CC.Cc1cccc(C)c1. The second kappa shape index (κ2) is 22.2. The number of rotatable bonds is 8. The lowest BCUT2D eigenvalue weighted by Gasteiger charge is -2.35. The maximum atomic E-state index is 12.8. The lowest BCUT2D eigenvalue weighted by Crippen LogP contribution is -2.49. The molecule has 3 unspecified atom stereocenters. The van der Waals surface area contributed by atoms with E-state index in [2.05, 4.69) is 79.7 Å². The van der Waals surface area contributed by atoms with E-state index in [-0.39, 0.29) is 18.1 Å². The zero-order valence-corrected chi connectivity index (χ0v) is 30.2. The first-order chi connectivity index (χ1) is 21.0. The number of aryl methyl sites for hydroxylation is 2. The summed E-state index contributed by atoms with van der Waals surface area (Å²) in [6.07, 6.45) is 13.6. The first kappa shape index (κ1) is 39.6. The van der Waals surface area contributed by atoms with Crippen LogP contribution in [0.2, 0.25) is 0 Å². The Morgan fingerprint density at radius 1 is 0.977 bits per heavy atom. The zero-order chi connectivity index (χ0) is 33.1. The van der Waals surface area contributed by atoms with Gasteiger partial charge in [0.15, 0.2) is 0 Å². The monoisotopic (exact) mass is 610 g/mol. The second-order valence-electron chi connectivity index (χ2n) is 13.2. The Morgan fingerprint density at radius 3 is 2.02 bits per heavy atom. The molecule has 5 nitrogen and oxygen atoms in total. The fraction of sp³-hybridized carbons (Fsp3) is 0.692. The van der Waals surface area contributed by atoms with Crippen molar-refractivity contribution in [3.8, 4) is 0 Å². The summed E-state index contributed by atoms with van der Waals surface area (Å²) in [5.74, 6) is 0.897. The maximum Gasteiger partial charge on any atom is 0.270 e. The number of allylic oxidation sites excluding steroid dienone is 2. The van der Waals surface area contributed by atoms with Gasteiger partial charge in [0, 0.05) is 24.4 Å². The van der Waals surface area contributed by atoms with Gasteiger partial charge in [-0.1, -0.05) is 120 Å². The molecule has 5 heteroatoms. The number of morpholine rings is 1. The zero-order valence-electron chi connectivity index (χ0n) is 30.2. The molecule has 1 amide bonds. The molecular weight excluding hydrogens is 542 g/mol. The van der Waals surface area contributed by atoms with Crippen LogP contribution in [0.1, 0.15) is 137 Å². The van der Waals surface area contributed by atoms with Gasteiger partial charge in [-0.3, -0.25) is 9.79 Å². The molecule has 2 N–H and O–H groups in total. The summed E-state index contributed by atoms with van der Waals surface area (Å²) in [5.41, 5.74) is 14.3. The number of hydrogen-bond donors (Lipinski definition) is 1. The average Bonchev–Trinajstić information content (AvgIpc) is 3.75. The molecule has 250 valence electrons. The molecule has 1 aliphatic heterocycles. The van der Waals surface area contributed by atoms with E-state index in [1.54, 1.807) is 5.57 Å². The van der Waals surface area contributed by atoms with Crippen molar-refractivity contribution in [3.05, 3.63) is 57.8 Å². The fourth-order valence-electron chi connectivity index (χ4n) is 5.21. The lowest BCUT2D eigenvalue weighted by molar-refractivity contribution is -0.139. The number of carbonyl (C=O) groups excluding carboxylic acids is 1. The molecular formula is C39H67N3O2. The molecule has 4 rings (SSSR count). The second-order valence-corrected chi connectivity index (χ2v) is 13.2. The molecule has 0 spiro atoms. The number of ether oxygens (including phenoxy) is 1. The van der Waals surface area contributed by atoms with Crippen molar-refractivity contribution in [3.63, 3.8) is 0 Å². The first-order valence-electron chi connectivity index (χ1n) is 17.6. The molecule has 3 atom stereocenters. The fourth-order valence-corrected chi connectivity index (χ4v) is 5.21. The van der Waals surface area contributed by atoms with E-state index in [1.165, 1.54) is 68.1 Å². The number of nitrogens with two attached hydrogens (primary N) is 1. The van der Waals surface area contributed by atoms with Crippen LogP contribution < -0.4 is 5.73 Å². The number of amides is 1. The van der Waals surface area contributed by atoms with Gasteiger partial charge in [0.1, 0.15) is 5.70 Å². The summed E-state index contributed by atoms with van der Waals surface area (Å²) in [6.45, 7) is 23.5. The molecule has 1 heterocycles. The lowest BCUT2D eigenvalue weighted by atomic mass is 10.0. The average molecular weight is 610 g/mol. The summed E-state index contributed by atoms with van der Waals surface area (Å²) >= 11 is 0. The van der Waals surface area contributed by atoms with Crippen LogP contribution in [0.3, 0.4) is 0 Å². The third-order valence-corrected chi connectivity index (χ3v) is 8.48. The van der Waals surface area contributed by atoms with Crippen molar-refractivity contribution in [1.82, 2.24) is 4.90 Å². The van der Waals surface area contributed by atoms with Crippen LogP contribution in [-0.4, -0.2) is 48.4 Å². The normalized spacial score (nSPS) is 21.6. The van der Waals surface area contributed by atoms with E-state index in [4.69, 9.17) is 15.5 Å². The highest BCUT2D eigenvalue weighted by molar-refractivity contribution is 6.09. The van der Waals surface area contributed by atoms with Gasteiger partial charge >= 0.3 is 0 Å². The highest BCUT2D eigenvalue weighted by atomic mass is 16.5. The minimum atomic E-state index is -0.0566. The molecule has 2 aliphatic carbocycles. The Labute approximate surface area is 271 Å². The first-order valence-corrected chi connectivity index (χ1v) is 17.6. The largest absolute Gasteiger partial charge is 0.394 e. The number of unbranched alkanes of at least 4 members (excludes halogenated alkanes) is 2. The van der Waals surface area contributed by atoms with Gasteiger partial charge in [0.25, 0.3) is 5.91 Å². The summed E-state index contributed by atoms with van der Waals surface area (Å²) in [7, 11) is 0. The van der Waals surface area contributed by atoms with Crippen LogP contribution in [-0.2, 0) is 9.53 Å². The number of benzene rings is 1.